The molecule has 11 heteroatoms. The Bertz CT molecular complexity index is 1330. The smallest absolute Gasteiger partial charge is 0.252 e. The fourth-order valence-electron chi connectivity index (χ4n) is 3.23. The lowest BCUT2D eigenvalue weighted by molar-refractivity contribution is 0.0955. The van der Waals surface area contributed by atoms with Gasteiger partial charge in [0, 0.05) is 29.1 Å². The summed E-state index contributed by atoms with van der Waals surface area (Å²) in [5.41, 5.74) is 2.38. The maximum Gasteiger partial charge on any atom is 0.252 e. The zero-order chi connectivity index (χ0) is 23.5. The number of sulfonamides is 2. The number of carbonyl (C=O) groups excluding carboxylic acids is 1. The maximum atomic E-state index is 12.9. The molecule has 0 saturated heterocycles. The van der Waals surface area contributed by atoms with Crippen molar-refractivity contribution in [3.63, 3.8) is 0 Å². The molecule has 0 aliphatic heterocycles. The van der Waals surface area contributed by atoms with Crippen molar-refractivity contribution >= 4 is 48.5 Å². The van der Waals surface area contributed by atoms with Crippen LogP contribution in [0.1, 0.15) is 16.8 Å². The number of fused-ring (bicyclic) bond motifs is 1. The van der Waals surface area contributed by atoms with E-state index in [-0.39, 0.29) is 25.4 Å². The quantitative estimate of drug-likeness (QED) is 0.481. The monoisotopic (exact) mass is 495 g/mol. The topological polar surface area (TPSA) is 114 Å². The first-order valence-electron chi connectivity index (χ1n) is 9.58. The number of aromatic nitrogens is 1. The summed E-state index contributed by atoms with van der Waals surface area (Å²) in [5.74, 6) is -0.387. The molecule has 3 rings (SSSR count). The molecule has 0 unspecified atom stereocenters. The molecule has 32 heavy (non-hydrogen) atoms. The molecule has 0 aliphatic carbocycles. The number of nitrogens with zero attached hydrogens (tertiary/aromatic N) is 2. The van der Waals surface area contributed by atoms with Gasteiger partial charge in [0.2, 0.25) is 20.0 Å². The summed E-state index contributed by atoms with van der Waals surface area (Å²) in [4.78, 5) is 17.6. The van der Waals surface area contributed by atoms with E-state index in [2.05, 4.69) is 10.3 Å². The summed E-state index contributed by atoms with van der Waals surface area (Å²) in [5, 5.41) is 3.83. The molecule has 0 radical (unpaired) electrons. The van der Waals surface area contributed by atoms with Gasteiger partial charge in [-0.25, -0.2) is 21.8 Å². The molecule has 3 aromatic rings. The highest BCUT2D eigenvalue weighted by Crippen LogP contribution is 2.27. The Hall–Kier alpha value is -2.53. The molecule has 0 bridgehead atoms. The molecule has 0 spiro atoms. The number of hydrogen-bond donors (Lipinski definition) is 1. The van der Waals surface area contributed by atoms with Crippen LogP contribution in [0.3, 0.4) is 0 Å². The fourth-order valence-corrected chi connectivity index (χ4v) is 6.28. The lowest BCUT2D eigenvalue weighted by Crippen LogP contribution is -2.37. The van der Waals surface area contributed by atoms with E-state index >= 15 is 0 Å². The molecule has 0 aliphatic rings. The van der Waals surface area contributed by atoms with Crippen molar-refractivity contribution in [3.05, 3.63) is 65.2 Å². The van der Waals surface area contributed by atoms with Crippen molar-refractivity contribution in [1.82, 2.24) is 14.0 Å². The normalized spacial score (nSPS) is 12.2. The molecular weight excluding hydrogens is 474 g/mol. The second kappa shape index (κ2) is 9.53. The van der Waals surface area contributed by atoms with Crippen LogP contribution in [0.25, 0.3) is 22.2 Å². The largest absolute Gasteiger partial charge is 0.352 e. The Balaban J connectivity index is 1.83. The van der Waals surface area contributed by atoms with E-state index in [0.29, 0.717) is 30.9 Å². The third kappa shape index (κ3) is 5.83. The number of amides is 1. The number of rotatable bonds is 8. The van der Waals surface area contributed by atoms with Crippen molar-refractivity contribution in [2.45, 2.75) is 6.42 Å². The van der Waals surface area contributed by atoms with Crippen LogP contribution in [0.15, 0.2) is 54.6 Å². The second-order valence-electron chi connectivity index (χ2n) is 7.21. The van der Waals surface area contributed by atoms with E-state index in [4.69, 9.17) is 11.6 Å². The molecule has 1 heterocycles. The van der Waals surface area contributed by atoms with Gasteiger partial charge >= 0.3 is 0 Å². The number of pyridine rings is 1. The Kier molecular flexibility index (Phi) is 7.19. The first-order valence-corrected chi connectivity index (χ1v) is 13.7. The lowest BCUT2D eigenvalue weighted by Gasteiger charge is -2.17. The molecule has 1 N–H and O–H groups in total. The van der Waals surface area contributed by atoms with Crippen molar-refractivity contribution in [2.24, 2.45) is 0 Å². The number of halogens is 1. The van der Waals surface area contributed by atoms with Crippen molar-refractivity contribution in [2.75, 3.05) is 25.6 Å². The van der Waals surface area contributed by atoms with E-state index in [0.717, 1.165) is 18.1 Å². The average molecular weight is 496 g/mol. The third-order valence-electron chi connectivity index (χ3n) is 4.63. The Labute approximate surface area is 192 Å². The van der Waals surface area contributed by atoms with Gasteiger partial charge in [0.1, 0.15) is 0 Å². The summed E-state index contributed by atoms with van der Waals surface area (Å²) in [7, 11) is -7.87. The molecule has 0 fully saturated rings. The number of hydrogen-bond acceptors (Lipinski definition) is 6. The maximum absolute atomic E-state index is 12.9. The number of nitrogens with one attached hydrogen (secondary N) is 1. The predicted molar refractivity (Wildman–Crippen MR) is 126 cm³/mol. The fraction of sp³-hybridized carbons (Fsp3) is 0.238. The molecule has 0 saturated carbocycles. The number of benzene rings is 2. The van der Waals surface area contributed by atoms with Gasteiger partial charge in [0.15, 0.2) is 0 Å². The SMILES string of the molecule is CS(=O)(=O)N(CCCNC(=O)c1cc(-c2ccccc2)nc2cc(Cl)ccc12)S(C)(=O)=O. The minimum absolute atomic E-state index is 0.0818. The molecular formula is C21H22ClN3O5S2. The standard InChI is InChI=1S/C21H22ClN3O5S2/c1-31(27,28)25(32(2,29)30)12-6-11-23-21(26)18-14-19(15-7-4-3-5-8-15)24-20-13-16(22)9-10-17(18)20/h3-5,7-10,13-14H,6,11-12H2,1-2H3,(H,23,26). The van der Waals surface area contributed by atoms with Gasteiger partial charge < -0.3 is 5.32 Å². The summed E-state index contributed by atoms with van der Waals surface area (Å²) in [6, 6.07) is 16.1. The van der Waals surface area contributed by atoms with E-state index in [1.807, 2.05) is 30.3 Å². The van der Waals surface area contributed by atoms with Gasteiger partial charge in [-0.05, 0) is 24.6 Å². The molecule has 1 aromatic heterocycles. The summed E-state index contributed by atoms with van der Waals surface area (Å²) in [6.45, 7) is -0.182. The van der Waals surface area contributed by atoms with Crippen molar-refractivity contribution in [1.29, 1.82) is 0 Å². The van der Waals surface area contributed by atoms with Gasteiger partial charge in [-0.2, -0.15) is 0 Å². The van der Waals surface area contributed by atoms with Gasteiger partial charge in [-0.1, -0.05) is 51.7 Å². The van der Waals surface area contributed by atoms with Crippen LogP contribution in [0.5, 0.6) is 0 Å². The summed E-state index contributed by atoms with van der Waals surface area (Å²) < 4.78 is 47.3. The Morgan fingerprint density at radius 1 is 1.00 bits per heavy atom. The molecule has 2 aromatic carbocycles. The Morgan fingerprint density at radius 2 is 1.66 bits per heavy atom. The third-order valence-corrected chi connectivity index (χ3v) is 8.33. The molecule has 0 atom stereocenters. The van der Waals surface area contributed by atoms with Crippen molar-refractivity contribution < 1.29 is 21.6 Å². The van der Waals surface area contributed by atoms with Crippen LogP contribution in [0, 0.1) is 0 Å². The van der Waals surface area contributed by atoms with E-state index in [1.54, 1.807) is 24.3 Å². The van der Waals surface area contributed by atoms with Crippen LogP contribution in [0.4, 0.5) is 0 Å². The first kappa shape index (κ1) is 24.1. The van der Waals surface area contributed by atoms with E-state index < -0.39 is 20.0 Å². The minimum Gasteiger partial charge on any atom is -0.352 e. The predicted octanol–water partition coefficient (Wildman–Crippen LogP) is 2.90. The zero-order valence-corrected chi connectivity index (χ0v) is 19.8. The average Bonchev–Trinajstić information content (AvgIpc) is 2.71. The molecule has 8 nitrogen and oxygen atoms in total. The minimum atomic E-state index is -3.93. The molecule has 1 amide bonds. The van der Waals surface area contributed by atoms with Crippen LogP contribution >= 0.6 is 11.6 Å². The van der Waals surface area contributed by atoms with Gasteiger partial charge in [-0.15, -0.1) is 0 Å². The van der Waals surface area contributed by atoms with Crippen LogP contribution in [-0.2, 0) is 20.0 Å². The highest BCUT2D eigenvalue weighted by molar-refractivity contribution is 8.03. The Morgan fingerprint density at radius 3 is 2.28 bits per heavy atom. The van der Waals surface area contributed by atoms with E-state index in [1.165, 1.54) is 0 Å². The van der Waals surface area contributed by atoms with Crippen LogP contribution in [-0.4, -0.2) is 57.0 Å². The first-order chi connectivity index (χ1) is 15.0. The highest BCUT2D eigenvalue weighted by Gasteiger charge is 2.26. The zero-order valence-electron chi connectivity index (χ0n) is 17.4. The summed E-state index contributed by atoms with van der Waals surface area (Å²) >= 11 is 6.11. The van der Waals surface area contributed by atoms with Crippen molar-refractivity contribution in [3.8, 4) is 11.3 Å². The van der Waals surface area contributed by atoms with Crippen LogP contribution < -0.4 is 5.32 Å². The lowest BCUT2D eigenvalue weighted by atomic mass is 10.0. The van der Waals surface area contributed by atoms with Gasteiger partial charge in [-0.3, -0.25) is 4.79 Å². The van der Waals surface area contributed by atoms with Gasteiger partial charge in [0.05, 0.1) is 29.3 Å². The van der Waals surface area contributed by atoms with Crippen LogP contribution in [0.2, 0.25) is 5.02 Å². The molecule has 170 valence electrons. The van der Waals surface area contributed by atoms with Gasteiger partial charge in [0.25, 0.3) is 5.91 Å². The van der Waals surface area contributed by atoms with E-state index in [9.17, 15) is 21.6 Å². The summed E-state index contributed by atoms with van der Waals surface area (Å²) in [6.07, 6.45) is 1.77. The highest BCUT2D eigenvalue weighted by atomic mass is 35.5. The second-order valence-corrected chi connectivity index (χ2v) is 11.7. The number of carbonyl (C=O) groups is 1.